The Bertz CT molecular complexity index is 432. The van der Waals surface area contributed by atoms with Gasteiger partial charge in [0.2, 0.25) is 0 Å². The summed E-state index contributed by atoms with van der Waals surface area (Å²) in [5.41, 5.74) is 2.96. The molecule has 0 spiro atoms. The Morgan fingerprint density at radius 1 is 0.850 bits per heavy atom. The van der Waals surface area contributed by atoms with Crippen LogP contribution in [0.15, 0.2) is 36.4 Å². The van der Waals surface area contributed by atoms with Gasteiger partial charge in [0.25, 0.3) is 0 Å². The van der Waals surface area contributed by atoms with Gasteiger partial charge >= 0.3 is 0 Å². The maximum atomic E-state index is 2.41. The Morgan fingerprint density at radius 3 is 2.25 bits per heavy atom. The summed E-state index contributed by atoms with van der Waals surface area (Å²) in [5, 5.41) is 0. The zero-order chi connectivity index (χ0) is 13.8. The molecule has 20 heavy (non-hydrogen) atoms. The van der Waals surface area contributed by atoms with E-state index >= 15 is 0 Å². The molecule has 0 nitrogen and oxygen atoms in total. The van der Waals surface area contributed by atoms with Crippen LogP contribution in [0.1, 0.15) is 68.4 Å². The number of hydrogen-bond donors (Lipinski definition) is 0. The van der Waals surface area contributed by atoms with E-state index in [0.717, 1.165) is 17.8 Å². The Kier molecular flexibility index (Phi) is 4.60. The highest BCUT2D eigenvalue weighted by molar-refractivity contribution is 5.24. The molecule has 2 aliphatic rings. The van der Waals surface area contributed by atoms with E-state index in [4.69, 9.17) is 0 Å². The summed E-state index contributed by atoms with van der Waals surface area (Å²) in [7, 11) is 0. The summed E-state index contributed by atoms with van der Waals surface area (Å²) in [6.45, 7) is 2.18. The molecule has 0 bridgehead atoms. The molecule has 1 aromatic rings. The highest BCUT2D eigenvalue weighted by atomic mass is 14.3. The van der Waals surface area contributed by atoms with Crippen molar-refractivity contribution >= 4 is 0 Å². The third-order valence-corrected chi connectivity index (χ3v) is 5.44. The molecule has 1 saturated carbocycles. The molecule has 1 aromatic carbocycles. The van der Waals surface area contributed by atoms with Crippen LogP contribution in [0.3, 0.4) is 0 Å². The van der Waals surface area contributed by atoms with Gasteiger partial charge in [-0.3, -0.25) is 0 Å². The van der Waals surface area contributed by atoms with Crippen molar-refractivity contribution in [1.29, 1.82) is 0 Å². The molecule has 2 aliphatic carbocycles. The quantitative estimate of drug-likeness (QED) is 0.588. The third-order valence-electron chi connectivity index (χ3n) is 5.44. The lowest BCUT2D eigenvalue weighted by atomic mass is 9.74. The van der Waals surface area contributed by atoms with E-state index in [1.54, 1.807) is 5.56 Å². The Hall–Kier alpha value is -1.04. The van der Waals surface area contributed by atoms with Crippen LogP contribution in [-0.2, 0) is 0 Å². The second kappa shape index (κ2) is 6.61. The van der Waals surface area contributed by atoms with Crippen molar-refractivity contribution in [3.63, 3.8) is 0 Å². The van der Waals surface area contributed by atoms with Gasteiger partial charge in [0, 0.05) is 0 Å². The fraction of sp³-hybridized carbons (Fsp3) is 0.600. The predicted molar refractivity (Wildman–Crippen MR) is 87.0 cm³/mol. The van der Waals surface area contributed by atoms with Gasteiger partial charge < -0.3 is 0 Å². The molecule has 1 unspecified atom stereocenters. The molecule has 0 heteroatoms. The fourth-order valence-electron chi connectivity index (χ4n) is 4.11. The number of rotatable bonds is 3. The van der Waals surface area contributed by atoms with Crippen LogP contribution in [0, 0.1) is 18.8 Å². The van der Waals surface area contributed by atoms with Crippen molar-refractivity contribution < 1.29 is 0 Å². The summed E-state index contributed by atoms with van der Waals surface area (Å²) in [6.07, 6.45) is 16.1. The molecule has 0 N–H and O–H groups in total. The standard InChI is InChI=1S/C20H28/c1-16-7-11-19(12-8-16)20-13-9-18(10-14-20)15-17-5-3-2-4-6-17/h2-3,7-8,11-12,17-18,20H,4-6,9-10,13-15H2,1H3. The zero-order valence-corrected chi connectivity index (χ0v) is 12.9. The van der Waals surface area contributed by atoms with Crippen molar-refractivity contribution in [1.82, 2.24) is 0 Å². The molecular formula is C20H28. The number of hydrogen-bond acceptors (Lipinski definition) is 0. The van der Waals surface area contributed by atoms with Crippen LogP contribution in [0.2, 0.25) is 0 Å². The number of benzene rings is 1. The lowest BCUT2D eigenvalue weighted by Crippen LogP contribution is -2.17. The molecule has 0 saturated heterocycles. The molecular weight excluding hydrogens is 240 g/mol. The molecule has 108 valence electrons. The van der Waals surface area contributed by atoms with Gasteiger partial charge in [-0.2, -0.15) is 0 Å². The normalized spacial score (nSPS) is 30.4. The second-order valence-corrected chi connectivity index (χ2v) is 7.01. The third kappa shape index (κ3) is 3.53. The first kappa shape index (κ1) is 13.9. The number of allylic oxidation sites excluding steroid dienone is 2. The van der Waals surface area contributed by atoms with Crippen LogP contribution in [-0.4, -0.2) is 0 Å². The van der Waals surface area contributed by atoms with Crippen LogP contribution in [0.25, 0.3) is 0 Å². The highest BCUT2D eigenvalue weighted by Crippen LogP contribution is 2.39. The monoisotopic (exact) mass is 268 g/mol. The summed E-state index contributed by atoms with van der Waals surface area (Å²) in [6, 6.07) is 9.25. The van der Waals surface area contributed by atoms with Crippen molar-refractivity contribution in [2.45, 2.75) is 64.2 Å². The topological polar surface area (TPSA) is 0 Å². The largest absolute Gasteiger partial charge is 0.0885 e. The van der Waals surface area contributed by atoms with Crippen molar-refractivity contribution in [2.75, 3.05) is 0 Å². The molecule has 3 rings (SSSR count). The average Bonchev–Trinajstić information content (AvgIpc) is 2.50. The molecule has 1 atom stereocenters. The first-order chi connectivity index (χ1) is 9.81. The van der Waals surface area contributed by atoms with E-state index in [1.807, 2.05) is 0 Å². The summed E-state index contributed by atoms with van der Waals surface area (Å²) in [4.78, 5) is 0. The minimum Gasteiger partial charge on any atom is -0.0885 e. The van der Waals surface area contributed by atoms with Crippen molar-refractivity contribution in [3.05, 3.63) is 47.5 Å². The highest BCUT2D eigenvalue weighted by Gasteiger charge is 2.24. The van der Waals surface area contributed by atoms with Gasteiger partial charge in [-0.25, -0.2) is 0 Å². The summed E-state index contributed by atoms with van der Waals surface area (Å²) in [5.74, 6) is 2.83. The maximum Gasteiger partial charge on any atom is -0.0162 e. The predicted octanol–water partition coefficient (Wildman–Crippen LogP) is 6.02. The van der Waals surface area contributed by atoms with Crippen molar-refractivity contribution in [2.24, 2.45) is 11.8 Å². The maximum absolute atomic E-state index is 2.41. The van der Waals surface area contributed by atoms with E-state index in [2.05, 4.69) is 43.3 Å². The first-order valence-corrected chi connectivity index (χ1v) is 8.53. The van der Waals surface area contributed by atoms with Gasteiger partial charge in [0.1, 0.15) is 0 Å². The molecule has 0 amide bonds. The van der Waals surface area contributed by atoms with Crippen LogP contribution < -0.4 is 0 Å². The number of aryl methyl sites for hydroxylation is 1. The summed E-state index contributed by atoms with van der Waals surface area (Å²) >= 11 is 0. The minimum absolute atomic E-state index is 0.832. The van der Waals surface area contributed by atoms with Gasteiger partial charge in [-0.15, -0.1) is 0 Å². The minimum atomic E-state index is 0.832. The Balaban J connectivity index is 1.49. The summed E-state index contributed by atoms with van der Waals surface area (Å²) < 4.78 is 0. The molecule has 0 aliphatic heterocycles. The van der Waals surface area contributed by atoms with E-state index in [9.17, 15) is 0 Å². The van der Waals surface area contributed by atoms with E-state index in [-0.39, 0.29) is 0 Å². The van der Waals surface area contributed by atoms with E-state index in [1.165, 1.54) is 56.9 Å². The first-order valence-electron chi connectivity index (χ1n) is 8.53. The van der Waals surface area contributed by atoms with Gasteiger partial charge in [0.15, 0.2) is 0 Å². The molecule has 0 heterocycles. The zero-order valence-electron chi connectivity index (χ0n) is 12.9. The second-order valence-electron chi connectivity index (χ2n) is 7.01. The average molecular weight is 268 g/mol. The van der Waals surface area contributed by atoms with Gasteiger partial charge in [-0.05, 0) is 81.6 Å². The smallest absolute Gasteiger partial charge is 0.0162 e. The lowest BCUT2D eigenvalue weighted by molar-refractivity contribution is 0.260. The lowest BCUT2D eigenvalue weighted by Gasteiger charge is -2.31. The molecule has 1 fully saturated rings. The van der Waals surface area contributed by atoms with E-state index < -0.39 is 0 Å². The van der Waals surface area contributed by atoms with Crippen LogP contribution >= 0.6 is 0 Å². The van der Waals surface area contributed by atoms with E-state index in [0.29, 0.717) is 0 Å². The Labute approximate surface area is 124 Å². The van der Waals surface area contributed by atoms with Crippen molar-refractivity contribution in [3.8, 4) is 0 Å². The fourth-order valence-corrected chi connectivity index (χ4v) is 4.11. The van der Waals surface area contributed by atoms with Gasteiger partial charge in [-0.1, -0.05) is 42.0 Å². The molecule has 0 radical (unpaired) electrons. The molecule has 0 aromatic heterocycles. The van der Waals surface area contributed by atoms with Crippen LogP contribution in [0.5, 0.6) is 0 Å². The van der Waals surface area contributed by atoms with Crippen LogP contribution in [0.4, 0.5) is 0 Å². The van der Waals surface area contributed by atoms with Gasteiger partial charge in [0.05, 0.1) is 0 Å². The Morgan fingerprint density at radius 2 is 1.60 bits per heavy atom. The SMILES string of the molecule is Cc1ccc(C2CCC(CC3CC=CCC3)CC2)cc1.